The maximum absolute atomic E-state index is 13.9. The van der Waals surface area contributed by atoms with E-state index in [1.807, 2.05) is 0 Å². The second-order valence-corrected chi connectivity index (χ2v) is 8.40. The quantitative estimate of drug-likeness (QED) is 0.555. The van der Waals surface area contributed by atoms with Gasteiger partial charge in [0, 0.05) is 24.2 Å². The number of rotatable bonds is 5. The Kier molecular flexibility index (Phi) is 6.16. The number of benzene rings is 2. The van der Waals surface area contributed by atoms with Crippen LogP contribution in [0.2, 0.25) is 0 Å². The topological polar surface area (TPSA) is 66.5 Å². The lowest BCUT2D eigenvalue weighted by Gasteiger charge is -2.29. The normalized spacial score (nSPS) is 16.7. The van der Waals surface area contributed by atoms with Crippen LogP contribution in [-0.2, 0) is 21.4 Å². The van der Waals surface area contributed by atoms with Crippen LogP contribution < -0.4 is 4.72 Å². The minimum Gasteiger partial charge on any atom is -0.335 e. The zero-order valence-electron chi connectivity index (χ0n) is 15.6. The lowest BCUT2D eigenvalue weighted by atomic mass is 10.00. The van der Waals surface area contributed by atoms with Crippen molar-refractivity contribution in [3.63, 3.8) is 0 Å². The van der Waals surface area contributed by atoms with Gasteiger partial charge in [0.2, 0.25) is 5.91 Å². The molecule has 0 aliphatic carbocycles. The maximum Gasteiger partial charge on any atom is 0.516 e. The van der Waals surface area contributed by atoms with Crippen LogP contribution in [0.3, 0.4) is 0 Å². The smallest absolute Gasteiger partial charge is 0.335 e. The number of halogens is 4. The highest BCUT2D eigenvalue weighted by Crippen LogP contribution is 2.29. The summed E-state index contributed by atoms with van der Waals surface area (Å²) in [5.74, 6) is -0.847. The maximum atomic E-state index is 13.9. The fourth-order valence-electron chi connectivity index (χ4n) is 3.10. The van der Waals surface area contributed by atoms with Crippen molar-refractivity contribution in [3.05, 3.63) is 71.0 Å². The van der Waals surface area contributed by atoms with Gasteiger partial charge in [-0.3, -0.25) is 9.52 Å². The minimum absolute atomic E-state index is 0.0933. The molecule has 1 N–H and O–H groups in total. The van der Waals surface area contributed by atoms with Crippen molar-refractivity contribution in [1.29, 1.82) is 0 Å². The monoisotopic (exact) mass is 442 g/mol. The number of sulfonamides is 1. The Morgan fingerprint density at radius 2 is 1.73 bits per heavy atom. The summed E-state index contributed by atoms with van der Waals surface area (Å²) in [5, 5.41) is 0. The Balaban J connectivity index is 1.83. The molecule has 0 atom stereocenters. The number of likely N-dealkylation sites (tertiary alicyclic amines) is 1. The molecular weight excluding hydrogens is 424 g/mol. The molecule has 30 heavy (non-hydrogen) atoms. The minimum atomic E-state index is -5.59. The SMILES string of the molecule is O=C1/C(=C/c2ccccc2F)CCCN1Cc1ccccc1NS(=O)(=O)C(F)(F)F. The van der Waals surface area contributed by atoms with E-state index >= 15 is 0 Å². The number of carbonyl (C=O) groups is 1. The van der Waals surface area contributed by atoms with E-state index in [4.69, 9.17) is 0 Å². The van der Waals surface area contributed by atoms with Crippen LogP contribution in [-0.4, -0.2) is 31.3 Å². The highest BCUT2D eigenvalue weighted by Gasteiger charge is 2.46. The second kappa shape index (κ2) is 8.47. The third-order valence-corrected chi connectivity index (χ3v) is 5.70. The van der Waals surface area contributed by atoms with Crippen molar-refractivity contribution in [2.45, 2.75) is 24.9 Å². The average molecular weight is 442 g/mol. The zero-order chi connectivity index (χ0) is 21.9. The number of nitrogens with zero attached hydrogens (tertiary/aromatic N) is 1. The van der Waals surface area contributed by atoms with Crippen LogP contribution in [0.1, 0.15) is 24.0 Å². The lowest BCUT2D eigenvalue weighted by Crippen LogP contribution is -2.37. The molecule has 2 aromatic rings. The molecule has 1 fully saturated rings. The van der Waals surface area contributed by atoms with E-state index in [1.165, 1.54) is 58.2 Å². The van der Waals surface area contributed by atoms with Crippen LogP contribution in [0, 0.1) is 5.82 Å². The fourth-order valence-corrected chi connectivity index (χ4v) is 3.71. The van der Waals surface area contributed by atoms with E-state index in [2.05, 4.69) is 0 Å². The summed E-state index contributed by atoms with van der Waals surface area (Å²) >= 11 is 0. The summed E-state index contributed by atoms with van der Waals surface area (Å²) in [6, 6.07) is 11.6. The van der Waals surface area contributed by atoms with Gasteiger partial charge in [0.25, 0.3) is 0 Å². The van der Waals surface area contributed by atoms with Gasteiger partial charge < -0.3 is 4.90 Å². The van der Waals surface area contributed by atoms with E-state index in [-0.39, 0.29) is 29.3 Å². The number of carbonyl (C=O) groups excluding carboxylic acids is 1. The standard InChI is InChI=1S/C20H18F4N2O3S/c21-17-9-3-1-6-14(17)12-15-8-5-11-26(19(15)27)13-16-7-2-4-10-18(16)25-30(28,29)20(22,23)24/h1-4,6-7,9-10,12,25H,5,8,11,13H2/b15-12+. The Morgan fingerprint density at radius 3 is 2.43 bits per heavy atom. The number of piperidine rings is 1. The lowest BCUT2D eigenvalue weighted by molar-refractivity contribution is -0.129. The highest BCUT2D eigenvalue weighted by atomic mass is 32.2. The molecule has 0 radical (unpaired) electrons. The van der Waals surface area contributed by atoms with Crippen LogP contribution >= 0.6 is 0 Å². The van der Waals surface area contributed by atoms with E-state index in [9.17, 15) is 30.8 Å². The van der Waals surface area contributed by atoms with Gasteiger partial charge in [0.15, 0.2) is 0 Å². The summed E-state index contributed by atoms with van der Waals surface area (Å²) in [4.78, 5) is 14.2. The molecule has 5 nitrogen and oxygen atoms in total. The molecule has 1 aliphatic rings. The third kappa shape index (κ3) is 4.81. The Morgan fingerprint density at radius 1 is 1.07 bits per heavy atom. The molecular formula is C20H18F4N2O3S. The van der Waals surface area contributed by atoms with Gasteiger partial charge in [-0.2, -0.15) is 21.6 Å². The Labute approximate surface area is 171 Å². The van der Waals surface area contributed by atoms with E-state index in [0.29, 0.717) is 25.0 Å². The predicted molar refractivity (Wildman–Crippen MR) is 104 cm³/mol. The van der Waals surface area contributed by atoms with Crippen molar-refractivity contribution in [2.75, 3.05) is 11.3 Å². The summed E-state index contributed by atoms with van der Waals surface area (Å²) in [5.41, 5.74) is -4.86. The summed E-state index contributed by atoms with van der Waals surface area (Å²) < 4.78 is 76.5. The first-order valence-electron chi connectivity index (χ1n) is 9.00. The van der Waals surface area contributed by atoms with E-state index < -0.39 is 21.3 Å². The predicted octanol–water partition coefficient (Wildman–Crippen LogP) is 4.29. The van der Waals surface area contributed by atoms with Gasteiger partial charge in [-0.15, -0.1) is 0 Å². The third-order valence-electron chi connectivity index (χ3n) is 4.60. The summed E-state index contributed by atoms with van der Waals surface area (Å²) in [6.45, 7) is 0.248. The second-order valence-electron chi connectivity index (χ2n) is 6.73. The van der Waals surface area contributed by atoms with Crippen molar-refractivity contribution >= 4 is 27.7 Å². The van der Waals surface area contributed by atoms with Crippen molar-refractivity contribution in [1.82, 2.24) is 4.90 Å². The summed E-state index contributed by atoms with van der Waals surface area (Å²) in [7, 11) is -5.59. The van der Waals surface area contributed by atoms with Gasteiger partial charge in [-0.1, -0.05) is 36.4 Å². The first-order chi connectivity index (χ1) is 14.1. The Bertz CT molecular complexity index is 1080. The molecule has 10 heteroatoms. The molecule has 1 saturated heterocycles. The molecule has 160 valence electrons. The van der Waals surface area contributed by atoms with Gasteiger partial charge in [0.1, 0.15) is 5.82 Å². The zero-order valence-corrected chi connectivity index (χ0v) is 16.4. The van der Waals surface area contributed by atoms with Gasteiger partial charge >= 0.3 is 15.5 Å². The number of para-hydroxylation sites is 1. The van der Waals surface area contributed by atoms with Crippen LogP contribution in [0.25, 0.3) is 6.08 Å². The fraction of sp³-hybridized carbons (Fsp3) is 0.250. The number of nitrogens with one attached hydrogen (secondary N) is 1. The highest BCUT2D eigenvalue weighted by molar-refractivity contribution is 7.93. The number of hydrogen-bond acceptors (Lipinski definition) is 3. The van der Waals surface area contributed by atoms with Gasteiger partial charge in [-0.25, -0.2) is 4.39 Å². The molecule has 1 amide bonds. The average Bonchev–Trinajstić information content (AvgIpc) is 2.67. The van der Waals surface area contributed by atoms with Gasteiger partial charge in [0.05, 0.1) is 5.69 Å². The number of hydrogen-bond donors (Lipinski definition) is 1. The molecule has 2 aromatic carbocycles. The van der Waals surface area contributed by atoms with Crippen molar-refractivity contribution < 1.29 is 30.8 Å². The number of anilines is 1. The molecule has 3 rings (SSSR count). The van der Waals surface area contributed by atoms with E-state index in [0.717, 1.165) is 0 Å². The van der Waals surface area contributed by atoms with Crippen molar-refractivity contribution in [3.8, 4) is 0 Å². The molecule has 0 saturated carbocycles. The van der Waals surface area contributed by atoms with Crippen LogP contribution in [0.5, 0.6) is 0 Å². The first kappa shape index (κ1) is 21.8. The number of alkyl halides is 3. The molecule has 1 heterocycles. The molecule has 0 spiro atoms. The van der Waals surface area contributed by atoms with Crippen molar-refractivity contribution in [2.24, 2.45) is 0 Å². The van der Waals surface area contributed by atoms with Crippen LogP contribution in [0.15, 0.2) is 54.1 Å². The van der Waals surface area contributed by atoms with E-state index in [1.54, 1.807) is 6.07 Å². The Hall–Kier alpha value is -2.88. The molecule has 1 aliphatic heterocycles. The van der Waals surface area contributed by atoms with Gasteiger partial charge in [-0.05, 0) is 36.6 Å². The molecule has 0 bridgehead atoms. The molecule has 0 aromatic heterocycles. The van der Waals surface area contributed by atoms with Crippen LogP contribution in [0.4, 0.5) is 23.2 Å². The largest absolute Gasteiger partial charge is 0.516 e. The first-order valence-corrected chi connectivity index (χ1v) is 10.5. The number of amides is 1. The summed E-state index contributed by atoms with van der Waals surface area (Å²) in [6.07, 6.45) is 2.48. The molecule has 0 unspecified atom stereocenters.